The van der Waals surface area contributed by atoms with E-state index in [-0.39, 0.29) is 42.0 Å². The number of amides is 1. The van der Waals surface area contributed by atoms with Crippen molar-refractivity contribution < 1.29 is 32.6 Å². The van der Waals surface area contributed by atoms with Crippen molar-refractivity contribution in [1.82, 2.24) is 4.98 Å². The number of benzene rings is 2. The van der Waals surface area contributed by atoms with Crippen molar-refractivity contribution in [3.63, 3.8) is 0 Å². The fourth-order valence-corrected chi connectivity index (χ4v) is 4.39. The molecule has 0 bridgehead atoms. The molecule has 4 N–H and O–H groups in total. The van der Waals surface area contributed by atoms with E-state index in [2.05, 4.69) is 4.98 Å². The van der Waals surface area contributed by atoms with Crippen LogP contribution in [0.2, 0.25) is 0 Å². The van der Waals surface area contributed by atoms with Crippen molar-refractivity contribution in [3.8, 4) is 11.3 Å². The lowest BCUT2D eigenvalue weighted by Gasteiger charge is -2.30. The summed E-state index contributed by atoms with van der Waals surface area (Å²) in [5, 5.41) is 9.69. The van der Waals surface area contributed by atoms with Crippen molar-refractivity contribution in [2.75, 3.05) is 11.4 Å². The monoisotopic (exact) mass is 539 g/mol. The van der Waals surface area contributed by atoms with Gasteiger partial charge in [0.1, 0.15) is 12.1 Å². The highest BCUT2D eigenvalue weighted by Crippen LogP contribution is 2.38. The molecule has 12 heteroatoms. The fraction of sp³-hybridized carbons (Fsp3) is 0.320. The predicted molar refractivity (Wildman–Crippen MR) is 134 cm³/mol. The van der Waals surface area contributed by atoms with Crippen LogP contribution in [0.1, 0.15) is 25.8 Å². The van der Waals surface area contributed by atoms with Gasteiger partial charge in [-0.1, -0.05) is 38.1 Å². The Morgan fingerprint density at radius 1 is 1.19 bits per heavy atom. The topological polar surface area (TPSA) is 126 Å². The minimum atomic E-state index is -4.60. The van der Waals surface area contributed by atoms with E-state index < -0.39 is 46.9 Å². The summed E-state index contributed by atoms with van der Waals surface area (Å²) in [6.07, 6.45) is -5.83. The maximum atomic E-state index is 13.5. The van der Waals surface area contributed by atoms with Gasteiger partial charge in [0.15, 0.2) is 0 Å². The summed E-state index contributed by atoms with van der Waals surface area (Å²) >= 11 is 0. The van der Waals surface area contributed by atoms with Gasteiger partial charge >= 0.3 is 18.2 Å². The summed E-state index contributed by atoms with van der Waals surface area (Å²) in [6, 6.07) is 9.87. The smallest absolute Gasteiger partial charge is 0.417 e. The van der Waals surface area contributed by atoms with Crippen molar-refractivity contribution in [3.05, 3.63) is 64.4 Å². The number of fused-ring (bicyclic) bond motifs is 1. The van der Waals surface area contributed by atoms with Crippen molar-refractivity contribution in [1.29, 1.82) is 0 Å². The zero-order valence-corrected chi connectivity index (χ0v) is 20.7. The van der Waals surface area contributed by atoms with Gasteiger partial charge in [0, 0.05) is 27.7 Å². The first-order chi connectivity index (χ1) is 16.8. The Labute approximate surface area is 215 Å². The maximum absolute atomic E-state index is 13.5. The van der Waals surface area contributed by atoms with Gasteiger partial charge in [-0.2, -0.15) is 13.2 Å². The standard InChI is InChI=1S/C25H24F3N3O5.ClH/c1-24(2,11-18(29)22(33)34)20-12-31(23(35)36-20)14-8-7-13-9-19(30-21(32)16(13)10-14)15-5-3-4-6-17(15)25(26,27)28;/h3-10,18,20H,11-12,29H2,1-2H3,(H,30,32)(H,33,34);1H/t18-,20+;/m0./s1. The van der Waals surface area contributed by atoms with Crippen LogP contribution in [0.5, 0.6) is 0 Å². The molecular formula is C25H25ClF3N3O5. The number of ether oxygens (including phenoxy) is 1. The molecule has 2 heterocycles. The third-order valence-electron chi connectivity index (χ3n) is 6.41. The Hall–Kier alpha value is -3.57. The minimum absolute atomic E-state index is 0. The highest BCUT2D eigenvalue weighted by molar-refractivity contribution is 5.95. The average molecular weight is 540 g/mol. The quantitative estimate of drug-likeness (QED) is 0.413. The summed E-state index contributed by atoms with van der Waals surface area (Å²) in [6.45, 7) is 3.62. The number of nitrogens with two attached hydrogens (primary N) is 1. The number of anilines is 1. The second kappa shape index (κ2) is 10.1. The first-order valence-corrected chi connectivity index (χ1v) is 11.1. The van der Waals surface area contributed by atoms with Crippen LogP contribution in [0.25, 0.3) is 22.0 Å². The van der Waals surface area contributed by atoms with Crippen molar-refractivity contribution >= 4 is 40.9 Å². The Bertz CT molecular complexity index is 1410. The van der Waals surface area contributed by atoms with Gasteiger partial charge in [0.25, 0.3) is 5.56 Å². The third kappa shape index (κ3) is 5.57. The number of carboxylic acids is 1. The number of rotatable bonds is 6. The molecule has 1 fully saturated rings. The van der Waals surface area contributed by atoms with Crippen molar-refractivity contribution in [2.24, 2.45) is 11.1 Å². The van der Waals surface area contributed by atoms with Crippen LogP contribution in [0.3, 0.4) is 0 Å². The van der Waals surface area contributed by atoms with E-state index in [9.17, 15) is 27.6 Å². The Morgan fingerprint density at radius 2 is 1.86 bits per heavy atom. The van der Waals surface area contributed by atoms with Gasteiger partial charge in [0.2, 0.25) is 0 Å². The number of cyclic esters (lactones) is 1. The molecule has 37 heavy (non-hydrogen) atoms. The lowest BCUT2D eigenvalue weighted by Crippen LogP contribution is -2.41. The number of H-pyrrole nitrogens is 1. The van der Waals surface area contributed by atoms with Crippen LogP contribution in [0.4, 0.5) is 23.7 Å². The molecule has 1 aliphatic heterocycles. The molecule has 1 amide bonds. The molecule has 4 rings (SSSR count). The number of carbonyl (C=O) groups excluding carboxylic acids is 1. The van der Waals surface area contributed by atoms with E-state index >= 15 is 0 Å². The summed E-state index contributed by atoms with van der Waals surface area (Å²) in [4.78, 5) is 40.4. The van der Waals surface area contributed by atoms with Crippen LogP contribution in [-0.4, -0.2) is 40.8 Å². The third-order valence-corrected chi connectivity index (χ3v) is 6.41. The molecule has 3 aromatic rings. The van der Waals surface area contributed by atoms with E-state index in [4.69, 9.17) is 15.6 Å². The molecule has 1 aliphatic rings. The van der Waals surface area contributed by atoms with E-state index in [1.54, 1.807) is 26.0 Å². The number of aromatic amines is 1. The molecule has 1 aromatic heterocycles. The number of alkyl halides is 3. The van der Waals surface area contributed by atoms with E-state index in [0.29, 0.717) is 11.1 Å². The highest BCUT2D eigenvalue weighted by atomic mass is 35.5. The summed E-state index contributed by atoms with van der Waals surface area (Å²) in [7, 11) is 0. The van der Waals surface area contributed by atoms with Gasteiger partial charge in [-0.25, -0.2) is 4.79 Å². The Kier molecular flexibility index (Phi) is 7.62. The number of pyridine rings is 1. The largest absolute Gasteiger partial charge is 0.480 e. The molecule has 198 valence electrons. The number of hydrogen-bond donors (Lipinski definition) is 3. The lowest BCUT2D eigenvalue weighted by atomic mass is 9.80. The van der Waals surface area contributed by atoms with Gasteiger partial charge < -0.3 is 20.6 Å². The second-order valence-electron chi connectivity index (χ2n) is 9.45. The van der Waals surface area contributed by atoms with Crippen LogP contribution in [-0.2, 0) is 15.7 Å². The number of nitrogens with zero attached hydrogens (tertiary/aromatic N) is 1. The summed E-state index contributed by atoms with van der Waals surface area (Å²) in [5.74, 6) is -1.16. The first-order valence-electron chi connectivity index (χ1n) is 11.1. The molecule has 2 aromatic carbocycles. The molecule has 2 atom stereocenters. The molecular weight excluding hydrogens is 515 g/mol. The minimum Gasteiger partial charge on any atom is -0.480 e. The number of nitrogens with one attached hydrogen (secondary N) is 1. The second-order valence-corrected chi connectivity index (χ2v) is 9.45. The van der Waals surface area contributed by atoms with Gasteiger partial charge in [0.05, 0.1) is 12.1 Å². The molecule has 1 saturated heterocycles. The summed E-state index contributed by atoms with van der Waals surface area (Å²) < 4.78 is 45.9. The number of aromatic nitrogens is 1. The molecule has 0 spiro atoms. The molecule has 0 radical (unpaired) electrons. The first kappa shape index (κ1) is 28.0. The number of carbonyl (C=O) groups is 2. The average Bonchev–Trinajstić information content (AvgIpc) is 3.20. The van der Waals surface area contributed by atoms with E-state index in [0.717, 1.165) is 6.07 Å². The highest BCUT2D eigenvalue weighted by Gasteiger charge is 2.43. The van der Waals surface area contributed by atoms with Gasteiger partial charge in [-0.3, -0.25) is 14.5 Å². The van der Waals surface area contributed by atoms with Crippen LogP contribution < -0.4 is 16.2 Å². The Morgan fingerprint density at radius 3 is 2.51 bits per heavy atom. The fourth-order valence-electron chi connectivity index (χ4n) is 4.39. The maximum Gasteiger partial charge on any atom is 0.417 e. The molecule has 0 saturated carbocycles. The number of hydrogen-bond acceptors (Lipinski definition) is 5. The van der Waals surface area contributed by atoms with E-state index in [1.807, 2.05) is 0 Å². The van der Waals surface area contributed by atoms with Crippen LogP contribution in [0, 0.1) is 5.41 Å². The lowest BCUT2D eigenvalue weighted by molar-refractivity contribution is -0.139. The van der Waals surface area contributed by atoms with Gasteiger partial charge in [-0.05, 0) is 36.1 Å². The summed E-state index contributed by atoms with van der Waals surface area (Å²) in [5.41, 5.74) is 3.67. The zero-order valence-electron chi connectivity index (χ0n) is 19.8. The SMILES string of the molecule is CC(C)(C[C@H](N)C(=O)O)[C@H]1CN(c2ccc3cc(-c4ccccc4C(F)(F)F)[nH]c(=O)c3c2)C(=O)O1.Cl. The number of carboxylic acid groups (broad SMARTS) is 1. The zero-order chi connectivity index (χ0) is 26.4. The molecule has 0 unspecified atom stereocenters. The van der Waals surface area contributed by atoms with Crippen molar-refractivity contribution in [2.45, 2.75) is 38.6 Å². The van der Waals surface area contributed by atoms with Gasteiger partial charge in [-0.15, -0.1) is 12.4 Å². The normalized spacial score (nSPS) is 16.9. The number of aliphatic carboxylic acids is 1. The van der Waals surface area contributed by atoms with Crippen LogP contribution >= 0.6 is 12.4 Å². The molecule has 8 nitrogen and oxygen atoms in total. The number of halogens is 4. The Balaban J connectivity index is 0.00000380. The predicted octanol–water partition coefficient (Wildman–Crippen LogP) is 4.79. The van der Waals surface area contributed by atoms with Crippen LogP contribution in [0.15, 0.2) is 53.3 Å². The van der Waals surface area contributed by atoms with E-state index in [1.165, 1.54) is 35.2 Å². The molecule has 0 aliphatic carbocycles.